The van der Waals surface area contributed by atoms with E-state index >= 15 is 0 Å². The van der Waals surface area contributed by atoms with Crippen LogP contribution in [0.1, 0.15) is 13.3 Å². The molecule has 1 aromatic rings. The SMILES string of the molecule is CC#CCCN(C(=O)OC)c1ccc(Cl)nn1. The summed E-state index contributed by atoms with van der Waals surface area (Å²) >= 11 is 5.63. The predicted octanol–water partition coefficient (Wildman–Crippen LogP) is 2.12. The fourth-order valence-electron chi connectivity index (χ4n) is 1.16. The van der Waals surface area contributed by atoms with E-state index < -0.39 is 6.09 Å². The fraction of sp³-hybridized carbons (Fsp3) is 0.364. The smallest absolute Gasteiger partial charge is 0.415 e. The molecule has 0 N–H and O–H groups in total. The van der Waals surface area contributed by atoms with Crippen LogP contribution < -0.4 is 4.90 Å². The van der Waals surface area contributed by atoms with Crippen molar-refractivity contribution in [3.63, 3.8) is 0 Å². The van der Waals surface area contributed by atoms with Gasteiger partial charge in [-0.15, -0.1) is 22.0 Å². The molecular formula is C11H12ClN3O2. The lowest BCUT2D eigenvalue weighted by Gasteiger charge is -2.18. The molecular weight excluding hydrogens is 242 g/mol. The Morgan fingerprint density at radius 1 is 1.53 bits per heavy atom. The molecule has 0 fully saturated rings. The third kappa shape index (κ3) is 3.93. The van der Waals surface area contributed by atoms with Crippen LogP contribution in [-0.2, 0) is 4.74 Å². The van der Waals surface area contributed by atoms with Crippen LogP contribution in [0.2, 0.25) is 5.15 Å². The van der Waals surface area contributed by atoms with Crippen LogP contribution in [-0.4, -0.2) is 29.9 Å². The van der Waals surface area contributed by atoms with E-state index in [4.69, 9.17) is 11.6 Å². The summed E-state index contributed by atoms with van der Waals surface area (Å²) < 4.78 is 4.67. The number of carbonyl (C=O) groups is 1. The largest absolute Gasteiger partial charge is 0.452 e. The van der Waals surface area contributed by atoms with E-state index in [-0.39, 0.29) is 5.15 Å². The maximum atomic E-state index is 11.5. The fourth-order valence-corrected chi connectivity index (χ4v) is 1.26. The number of hydrogen-bond donors (Lipinski definition) is 0. The number of nitrogens with zero attached hydrogens (tertiary/aromatic N) is 3. The molecule has 0 saturated carbocycles. The quantitative estimate of drug-likeness (QED) is 0.775. The van der Waals surface area contributed by atoms with Gasteiger partial charge in [0.1, 0.15) is 0 Å². The Morgan fingerprint density at radius 2 is 2.29 bits per heavy atom. The van der Waals surface area contributed by atoms with Crippen molar-refractivity contribution in [2.24, 2.45) is 0 Å². The number of carbonyl (C=O) groups excluding carboxylic acids is 1. The van der Waals surface area contributed by atoms with Gasteiger partial charge in [0, 0.05) is 13.0 Å². The van der Waals surface area contributed by atoms with Crippen molar-refractivity contribution in [3.05, 3.63) is 17.3 Å². The summed E-state index contributed by atoms with van der Waals surface area (Å²) in [5.74, 6) is 6.01. The number of halogens is 1. The normalized spacial score (nSPS) is 9.12. The highest BCUT2D eigenvalue weighted by molar-refractivity contribution is 6.29. The summed E-state index contributed by atoms with van der Waals surface area (Å²) in [7, 11) is 1.31. The molecule has 17 heavy (non-hydrogen) atoms. The first-order valence-electron chi connectivity index (χ1n) is 4.93. The average molecular weight is 254 g/mol. The number of anilines is 1. The van der Waals surface area contributed by atoms with E-state index in [0.29, 0.717) is 18.8 Å². The van der Waals surface area contributed by atoms with Crippen LogP contribution in [0.25, 0.3) is 0 Å². The molecule has 1 heterocycles. The van der Waals surface area contributed by atoms with Gasteiger partial charge in [-0.05, 0) is 19.1 Å². The Bertz CT molecular complexity index is 436. The van der Waals surface area contributed by atoms with Crippen LogP contribution in [0, 0.1) is 11.8 Å². The van der Waals surface area contributed by atoms with Gasteiger partial charge < -0.3 is 4.74 Å². The maximum absolute atomic E-state index is 11.5. The highest BCUT2D eigenvalue weighted by Crippen LogP contribution is 2.13. The Labute approximate surface area is 105 Å². The maximum Gasteiger partial charge on any atom is 0.415 e. The van der Waals surface area contributed by atoms with E-state index in [9.17, 15) is 4.79 Å². The van der Waals surface area contributed by atoms with Gasteiger partial charge in [0.25, 0.3) is 0 Å². The lowest BCUT2D eigenvalue weighted by Crippen LogP contribution is -2.32. The van der Waals surface area contributed by atoms with Crippen molar-refractivity contribution in [1.82, 2.24) is 10.2 Å². The molecule has 0 aliphatic rings. The first-order valence-corrected chi connectivity index (χ1v) is 5.31. The molecule has 6 heteroatoms. The molecule has 1 aromatic heterocycles. The molecule has 0 radical (unpaired) electrons. The average Bonchev–Trinajstić information content (AvgIpc) is 2.35. The van der Waals surface area contributed by atoms with E-state index in [1.807, 2.05) is 0 Å². The Morgan fingerprint density at radius 3 is 2.82 bits per heavy atom. The zero-order chi connectivity index (χ0) is 12.7. The number of ether oxygens (including phenoxy) is 1. The molecule has 5 nitrogen and oxygen atoms in total. The summed E-state index contributed by atoms with van der Waals surface area (Å²) in [6.45, 7) is 2.13. The summed E-state index contributed by atoms with van der Waals surface area (Å²) in [5.41, 5.74) is 0. The van der Waals surface area contributed by atoms with Crippen molar-refractivity contribution >= 4 is 23.5 Å². The van der Waals surface area contributed by atoms with Crippen LogP contribution in [0.4, 0.5) is 10.6 Å². The molecule has 0 spiro atoms. The Hall–Kier alpha value is -1.80. The second-order valence-corrected chi connectivity index (χ2v) is 3.40. The van der Waals surface area contributed by atoms with Gasteiger partial charge in [0.15, 0.2) is 11.0 Å². The van der Waals surface area contributed by atoms with Crippen molar-refractivity contribution in [1.29, 1.82) is 0 Å². The first-order chi connectivity index (χ1) is 8.19. The molecule has 0 atom stereocenters. The summed E-state index contributed by atoms with van der Waals surface area (Å²) in [6, 6.07) is 3.16. The van der Waals surface area contributed by atoms with Crippen molar-refractivity contribution < 1.29 is 9.53 Å². The number of rotatable bonds is 3. The molecule has 1 rings (SSSR count). The minimum Gasteiger partial charge on any atom is -0.452 e. The topological polar surface area (TPSA) is 55.3 Å². The third-order valence-corrected chi connectivity index (χ3v) is 2.13. The zero-order valence-electron chi connectivity index (χ0n) is 9.61. The van der Waals surface area contributed by atoms with E-state index in [1.165, 1.54) is 12.0 Å². The number of methoxy groups -OCH3 is 1. The Kier molecular flexibility index (Phi) is 5.24. The van der Waals surface area contributed by atoms with Gasteiger partial charge in [0.05, 0.1) is 7.11 Å². The minimum atomic E-state index is -0.500. The van der Waals surface area contributed by atoms with Gasteiger partial charge >= 0.3 is 6.09 Å². The van der Waals surface area contributed by atoms with Gasteiger partial charge in [0.2, 0.25) is 0 Å². The van der Waals surface area contributed by atoms with Gasteiger partial charge in [-0.3, -0.25) is 4.90 Å². The molecule has 1 amide bonds. The second-order valence-electron chi connectivity index (χ2n) is 3.01. The van der Waals surface area contributed by atoms with E-state index in [1.54, 1.807) is 19.1 Å². The molecule has 0 unspecified atom stereocenters. The van der Waals surface area contributed by atoms with Gasteiger partial charge in [-0.1, -0.05) is 11.6 Å². The van der Waals surface area contributed by atoms with E-state index in [0.717, 1.165) is 0 Å². The molecule has 0 aromatic carbocycles. The second kappa shape index (κ2) is 6.71. The van der Waals surface area contributed by atoms with Gasteiger partial charge in [-0.2, -0.15) is 0 Å². The van der Waals surface area contributed by atoms with Crippen LogP contribution >= 0.6 is 11.6 Å². The Balaban J connectivity index is 2.84. The number of hydrogen-bond acceptors (Lipinski definition) is 4. The lowest BCUT2D eigenvalue weighted by molar-refractivity contribution is 0.178. The standard InChI is InChI=1S/C11H12ClN3O2/c1-3-4-5-8-15(11(16)17-2)10-7-6-9(12)13-14-10/h6-7H,5,8H2,1-2H3. The zero-order valence-corrected chi connectivity index (χ0v) is 10.4. The van der Waals surface area contributed by atoms with E-state index in [2.05, 4.69) is 26.8 Å². The van der Waals surface area contributed by atoms with Crippen LogP contribution in [0.5, 0.6) is 0 Å². The number of amides is 1. The highest BCUT2D eigenvalue weighted by Gasteiger charge is 2.16. The monoisotopic (exact) mass is 253 g/mol. The van der Waals surface area contributed by atoms with Crippen LogP contribution in [0.15, 0.2) is 12.1 Å². The van der Waals surface area contributed by atoms with Crippen molar-refractivity contribution in [3.8, 4) is 11.8 Å². The number of aromatic nitrogens is 2. The summed E-state index contributed by atoms with van der Waals surface area (Å²) in [6.07, 6.45) is 0.0372. The molecule has 90 valence electrons. The van der Waals surface area contributed by atoms with Gasteiger partial charge in [-0.25, -0.2) is 4.79 Å². The molecule has 0 saturated heterocycles. The van der Waals surface area contributed by atoms with Crippen molar-refractivity contribution in [2.75, 3.05) is 18.6 Å². The summed E-state index contributed by atoms with van der Waals surface area (Å²) in [4.78, 5) is 12.9. The molecule has 0 bridgehead atoms. The minimum absolute atomic E-state index is 0.270. The summed E-state index contributed by atoms with van der Waals surface area (Å²) in [5, 5.41) is 7.77. The first kappa shape index (κ1) is 13.3. The van der Waals surface area contributed by atoms with Crippen molar-refractivity contribution in [2.45, 2.75) is 13.3 Å². The third-order valence-electron chi connectivity index (χ3n) is 1.93. The lowest BCUT2D eigenvalue weighted by atomic mass is 10.4. The molecule has 0 aliphatic heterocycles. The predicted molar refractivity (Wildman–Crippen MR) is 64.9 cm³/mol. The molecule has 0 aliphatic carbocycles. The highest BCUT2D eigenvalue weighted by atomic mass is 35.5. The van der Waals surface area contributed by atoms with Crippen LogP contribution in [0.3, 0.4) is 0 Å².